The van der Waals surface area contributed by atoms with Gasteiger partial charge in [0.2, 0.25) is 0 Å². The van der Waals surface area contributed by atoms with Gasteiger partial charge >= 0.3 is 0 Å². The Morgan fingerprint density at radius 1 is 1.59 bits per heavy atom. The summed E-state index contributed by atoms with van der Waals surface area (Å²) in [5, 5.41) is 8.41. The van der Waals surface area contributed by atoms with E-state index in [-0.39, 0.29) is 12.5 Å². The first-order valence-corrected chi connectivity index (χ1v) is 5.92. The average molecular weight is 297 g/mol. The number of hydrogen-bond donors (Lipinski definition) is 0. The Balaban J connectivity index is 2.40. The highest BCUT2D eigenvalue weighted by Gasteiger charge is 2.08. The second-order valence-electron chi connectivity index (χ2n) is 3.47. The summed E-state index contributed by atoms with van der Waals surface area (Å²) in [5.74, 6) is 0.502. The number of ether oxygens (including phenoxy) is 1. The third-order valence-corrected chi connectivity index (χ3v) is 2.64. The summed E-state index contributed by atoms with van der Waals surface area (Å²) >= 11 is 3.32. The minimum Gasteiger partial charge on any atom is -0.484 e. The summed E-state index contributed by atoms with van der Waals surface area (Å²) in [7, 11) is 1.66. The van der Waals surface area contributed by atoms with E-state index in [0.29, 0.717) is 18.7 Å². The molecule has 0 radical (unpaired) electrons. The van der Waals surface area contributed by atoms with Gasteiger partial charge in [-0.1, -0.05) is 22.0 Å². The van der Waals surface area contributed by atoms with Gasteiger partial charge in [-0.3, -0.25) is 4.79 Å². The van der Waals surface area contributed by atoms with E-state index >= 15 is 0 Å². The maximum absolute atomic E-state index is 11.6. The van der Waals surface area contributed by atoms with Gasteiger partial charge in [-0.2, -0.15) is 5.26 Å². The van der Waals surface area contributed by atoms with E-state index in [4.69, 9.17) is 10.00 Å². The van der Waals surface area contributed by atoms with Crippen LogP contribution in [0.3, 0.4) is 0 Å². The van der Waals surface area contributed by atoms with Crippen molar-refractivity contribution in [3.05, 3.63) is 28.7 Å². The van der Waals surface area contributed by atoms with Crippen molar-refractivity contribution in [2.45, 2.75) is 6.42 Å². The zero-order chi connectivity index (χ0) is 12.7. The van der Waals surface area contributed by atoms with Crippen LogP contribution in [-0.4, -0.2) is 31.0 Å². The van der Waals surface area contributed by atoms with Crippen LogP contribution < -0.4 is 4.74 Å². The standard InChI is InChI=1S/C12H13BrN2O2/c1-15(7-3-6-14)12(16)9-17-11-5-2-4-10(13)8-11/h2,4-5,8H,3,7,9H2,1H3. The predicted molar refractivity (Wildman–Crippen MR) is 67.5 cm³/mol. The molecule has 1 amide bonds. The molecule has 17 heavy (non-hydrogen) atoms. The lowest BCUT2D eigenvalue weighted by Gasteiger charge is -2.15. The van der Waals surface area contributed by atoms with Crippen LogP contribution in [-0.2, 0) is 4.79 Å². The predicted octanol–water partition coefficient (Wildman–Crippen LogP) is 2.20. The van der Waals surface area contributed by atoms with Crippen molar-refractivity contribution in [1.29, 1.82) is 5.26 Å². The number of hydrogen-bond acceptors (Lipinski definition) is 3. The number of benzene rings is 1. The lowest BCUT2D eigenvalue weighted by molar-refractivity contribution is -0.131. The van der Waals surface area contributed by atoms with Crippen molar-refractivity contribution in [2.75, 3.05) is 20.2 Å². The second-order valence-corrected chi connectivity index (χ2v) is 4.39. The number of carbonyl (C=O) groups is 1. The maximum Gasteiger partial charge on any atom is 0.260 e. The Labute approximate surface area is 109 Å². The van der Waals surface area contributed by atoms with Crippen LogP contribution in [0, 0.1) is 11.3 Å². The lowest BCUT2D eigenvalue weighted by atomic mass is 10.3. The molecule has 0 saturated heterocycles. The molecule has 0 unspecified atom stereocenters. The smallest absolute Gasteiger partial charge is 0.260 e. The quantitative estimate of drug-likeness (QED) is 0.837. The molecule has 0 N–H and O–H groups in total. The Kier molecular flexibility index (Phi) is 5.50. The van der Waals surface area contributed by atoms with Crippen molar-refractivity contribution in [3.8, 4) is 11.8 Å². The van der Waals surface area contributed by atoms with Crippen molar-refractivity contribution >= 4 is 21.8 Å². The topological polar surface area (TPSA) is 53.3 Å². The lowest BCUT2D eigenvalue weighted by Crippen LogP contribution is -2.32. The van der Waals surface area contributed by atoms with Gasteiger partial charge in [0, 0.05) is 18.1 Å². The first-order chi connectivity index (χ1) is 8.13. The Morgan fingerprint density at radius 3 is 3.00 bits per heavy atom. The van der Waals surface area contributed by atoms with Crippen LogP contribution in [0.25, 0.3) is 0 Å². The molecule has 0 aromatic heterocycles. The Hall–Kier alpha value is -1.54. The molecule has 0 spiro atoms. The molecule has 4 nitrogen and oxygen atoms in total. The molecule has 0 aliphatic carbocycles. The largest absolute Gasteiger partial charge is 0.484 e. The SMILES string of the molecule is CN(CCC#N)C(=O)COc1cccc(Br)c1. The molecule has 0 atom stereocenters. The molecule has 0 aliphatic rings. The molecular formula is C12H13BrN2O2. The first-order valence-electron chi connectivity index (χ1n) is 5.13. The van der Waals surface area contributed by atoms with Gasteiger partial charge in [0.1, 0.15) is 5.75 Å². The number of nitriles is 1. The molecule has 0 fully saturated rings. The monoisotopic (exact) mass is 296 g/mol. The fraction of sp³-hybridized carbons (Fsp3) is 0.333. The summed E-state index contributed by atoms with van der Waals surface area (Å²) in [6.07, 6.45) is 0.332. The van der Waals surface area contributed by atoms with E-state index in [9.17, 15) is 4.79 Å². The van der Waals surface area contributed by atoms with E-state index in [2.05, 4.69) is 15.9 Å². The Morgan fingerprint density at radius 2 is 2.35 bits per heavy atom. The van der Waals surface area contributed by atoms with E-state index < -0.39 is 0 Å². The molecule has 1 rings (SSSR count). The van der Waals surface area contributed by atoms with Gasteiger partial charge in [-0.15, -0.1) is 0 Å². The molecule has 0 aliphatic heterocycles. The first kappa shape index (κ1) is 13.5. The van der Waals surface area contributed by atoms with Crippen LogP contribution in [0.4, 0.5) is 0 Å². The van der Waals surface area contributed by atoms with E-state index in [0.717, 1.165) is 4.47 Å². The fourth-order valence-corrected chi connectivity index (χ4v) is 1.53. The van der Waals surface area contributed by atoms with Crippen molar-refractivity contribution in [2.24, 2.45) is 0 Å². The van der Waals surface area contributed by atoms with Crippen molar-refractivity contribution in [1.82, 2.24) is 4.90 Å². The van der Waals surface area contributed by atoms with Gasteiger partial charge < -0.3 is 9.64 Å². The molecule has 90 valence electrons. The van der Waals surface area contributed by atoms with E-state index in [1.165, 1.54) is 4.90 Å². The summed E-state index contributed by atoms with van der Waals surface area (Å²) in [6.45, 7) is 0.412. The molecule has 1 aromatic carbocycles. The third-order valence-electron chi connectivity index (χ3n) is 2.14. The second kappa shape index (κ2) is 6.92. The molecule has 0 heterocycles. The summed E-state index contributed by atoms with van der Waals surface area (Å²) < 4.78 is 6.25. The highest BCUT2D eigenvalue weighted by atomic mass is 79.9. The normalized spacial score (nSPS) is 9.47. The molecule has 0 bridgehead atoms. The minimum atomic E-state index is -0.139. The van der Waals surface area contributed by atoms with Crippen molar-refractivity contribution < 1.29 is 9.53 Å². The van der Waals surface area contributed by atoms with Gasteiger partial charge in [0.25, 0.3) is 5.91 Å². The average Bonchev–Trinajstić information content (AvgIpc) is 2.33. The summed E-state index contributed by atoms with van der Waals surface area (Å²) in [5.41, 5.74) is 0. The summed E-state index contributed by atoms with van der Waals surface area (Å²) in [4.78, 5) is 13.1. The van der Waals surface area contributed by atoms with E-state index in [1.807, 2.05) is 18.2 Å². The highest BCUT2D eigenvalue weighted by Crippen LogP contribution is 2.17. The third kappa shape index (κ3) is 4.87. The number of nitrogens with zero attached hydrogens (tertiary/aromatic N) is 2. The number of rotatable bonds is 5. The van der Waals surface area contributed by atoms with E-state index in [1.54, 1.807) is 19.2 Å². The number of likely N-dealkylation sites (N-methyl/N-ethyl adjacent to an activating group) is 1. The molecule has 0 saturated carbocycles. The number of carbonyl (C=O) groups excluding carboxylic acids is 1. The number of amides is 1. The Bertz CT molecular complexity index is 429. The zero-order valence-electron chi connectivity index (χ0n) is 9.52. The summed E-state index contributed by atoms with van der Waals surface area (Å²) in [6, 6.07) is 9.29. The zero-order valence-corrected chi connectivity index (χ0v) is 11.1. The molecule has 5 heteroatoms. The van der Waals surface area contributed by atoms with Crippen molar-refractivity contribution in [3.63, 3.8) is 0 Å². The molecule has 1 aromatic rings. The minimum absolute atomic E-state index is 0.0155. The highest BCUT2D eigenvalue weighted by molar-refractivity contribution is 9.10. The van der Waals surface area contributed by atoms with Crippen LogP contribution >= 0.6 is 15.9 Å². The van der Waals surface area contributed by atoms with Gasteiger partial charge in [0.15, 0.2) is 6.61 Å². The molecular weight excluding hydrogens is 284 g/mol. The van der Waals surface area contributed by atoms with Gasteiger partial charge in [-0.05, 0) is 18.2 Å². The number of halogens is 1. The van der Waals surface area contributed by atoms with Gasteiger partial charge in [-0.25, -0.2) is 0 Å². The fourth-order valence-electron chi connectivity index (χ4n) is 1.15. The van der Waals surface area contributed by atoms with Crippen LogP contribution in [0.1, 0.15) is 6.42 Å². The van der Waals surface area contributed by atoms with Gasteiger partial charge in [0.05, 0.1) is 12.5 Å². The van der Waals surface area contributed by atoms with Crippen LogP contribution in [0.15, 0.2) is 28.7 Å². The van der Waals surface area contributed by atoms with Crippen LogP contribution in [0.5, 0.6) is 5.75 Å². The maximum atomic E-state index is 11.6. The van der Waals surface area contributed by atoms with Crippen LogP contribution in [0.2, 0.25) is 0 Å².